The number of hydrogen-bond acceptors (Lipinski definition) is 5. The minimum absolute atomic E-state index is 0.0207. The fourth-order valence-corrected chi connectivity index (χ4v) is 3.69. The highest BCUT2D eigenvalue weighted by Crippen LogP contribution is 2.42. The fraction of sp³-hybridized carbons (Fsp3) is 0.444. The Bertz CT molecular complexity index is 957. The molecule has 0 aromatic carbocycles. The fourth-order valence-electron chi connectivity index (χ4n) is 3.47. The van der Waals surface area contributed by atoms with Crippen molar-refractivity contribution in [3.63, 3.8) is 0 Å². The van der Waals surface area contributed by atoms with Gasteiger partial charge in [-0.05, 0) is 37.8 Å². The van der Waals surface area contributed by atoms with Crippen LogP contribution in [-0.4, -0.2) is 27.8 Å². The molecule has 28 heavy (non-hydrogen) atoms. The van der Waals surface area contributed by atoms with Crippen LogP contribution in [0.4, 0.5) is 19.0 Å². The smallest absolute Gasteiger partial charge is 0.372 e. The molecule has 0 bridgehead atoms. The molecule has 2 heterocycles. The van der Waals surface area contributed by atoms with Gasteiger partial charge in [-0.2, -0.15) is 18.4 Å². The van der Waals surface area contributed by atoms with Gasteiger partial charge in [0.15, 0.2) is 5.82 Å². The molecule has 2 aromatic heterocycles. The van der Waals surface area contributed by atoms with Gasteiger partial charge in [0.05, 0.1) is 17.8 Å². The largest absolute Gasteiger partial charge is 0.391 e. The summed E-state index contributed by atoms with van der Waals surface area (Å²) in [5.41, 5.74) is -0.00981. The average Bonchev–Trinajstić information content (AvgIpc) is 2.69. The van der Waals surface area contributed by atoms with E-state index in [0.29, 0.717) is 11.5 Å². The van der Waals surface area contributed by atoms with Gasteiger partial charge >= 0.3 is 6.18 Å². The molecule has 1 aliphatic rings. The normalized spacial score (nSPS) is 19.9. The van der Waals surface area contributed by atoms with Crippen LogP contribution in [-0.2, 0) is 0 Å². The molecule has 1 fully saturated rings. The quantitative estimate of drug-likeness (QED) is 0.824. The first-order chi connectivity index (χ1) is 13.3. The summed E-state index contributed by atoms with van der Waals surface area (Å²) in [5, 5.41) is 11.5. The summed E-state index contributed by atoms with van der Waals surface area (Å²) in [7, 11) is 1.56. The van der Waals surface area contributed by atoms with Crippen molar-refractivity contribution in [3.8, 4) is 11.8 Å². The summed E-state index contributed by atoms with van der Waals surface area (Å²) in [4.78, 5) is 21.3. The maximum Gasteiger partial charge on any atom is 0.391 e. The Morgan fingerprint density at radius 2 is 1.96 bits per heavy atom. The number of rotatable bonds is 3. The number of nitrogens with zero attached hydrogens (tertiary/aromatic N) is 4. The zero-order valence-corrected chi connectivity index (χ0v) is 15.7. The summed E-state index contributed by atoms with van der Waals surface area (Å²) in [5.74, 6) is -1.15. The molecule has 10 heteroatoms. The van der Waals surface area contributed by atoms with E-state index >= 15 is 0 Å². The van der Waals surface area contributed by atoms with Gasteiger partial charge in [0.25, 0.3) is 5.56 Å². The van der Waals surface area contributed by atoms with Crippen molar-refractivity contribution in [2.75, 3.05) is 12.4 Å². The van der Waals surface area contributed by atoms with E-state index in [4.69, 9.17) is 16.9 Å². The first-order valence-electron chi connectivity index (χ1n) is 8.69. The third-order valence-corrected chi connectivity index (χ3v) is 5.31. The number of aromatic nitrogens is 3. The van der Waals surface area contributed by atoms with Crippen molar-refractivity contribution in [2.45, 2.75) is 37.8 Å². The first-order valence-corrected chi connectivity index (χ1v) is 9.07. The van der Waals surface area contributed by atoms with E-state index in [0.717, 1.165) is 0 Å². The summed E-state index contributed by atoms with van der Waals surface area (Å²) in [6.07, 6.45) is -2.40. The summed E-state index contributed by atoms with van der Waals surface area (Å²) in [6, 6.07) is 4.88. The Morgan fingerprint density at radius 3 is 2.46 bits per heavy atom. The van der Waals surface area contributed by atoms with E-state index in [1.165, 1.54) is 22.9 Å². The lowest BCUT2D eigenvalue weighted by Crippen LogP contribution is -2.31. The molecule has 148 valence electrons. The Balaban J connectivity index is 2.06. The van der Waals surface area contributed by atoms with Crippen molar-refractivity contribution < 1.29 is 13.2 Å². The molecule has 0 amide bonds. The lowest BCUT2D eigenvalue weighted by molar-refractivity contribution is -0.182. The highest BCUT2D eigenvalue weighted by Gasteiger charge is 2.42. The molecule has 0 radical (unpaired) electrons. The van der Waals surface area contributed by atoms with Gasteiger partial charge in [0, 0.05) is 13.0 Å². The van der Waals surface area contributed by atoms with Crippen molar-refractivity contribution in [3.05, 3.63) is 45.2 Å². The summed E-state index contributed by atoms with van der Waals surface area (Å²) < 4.78 is 40.2. The number of pyridine rings is 1. The van der Waals surface area contributed by atoms with Gasteiger partial charge in [-0.1, -0.05) is 11.6 Å². The highest BCUT2D eigenvalue weighted by molar-refractivity contribution is 6.32. The van der Waals surface area contributed by atoms with E-state index in [1.807, 2.05) is 6.07 Å². The second-order valence-corrected chi connectivity index (χ2v) is 7.00. The zero-order chi connectivity index (χ0) is 20.5. The minimum Gasteiger partial charge on any atom is -0.372 e. The van der Waals surface area contributed by atoms with Crippen LogP contribution in [0.5, 0.6) is 0 Å². The van der Waals surface area contributed by atoms with Gasteiger partial charge in [-0.3, -0.25) is 9.36 Å². The topological polar surface area (TPSA) is 83.6 Å². The molecule has 0 saturated heterocycles. The standard InChI is InChI=1S/C18H17ClF3N5O/c1-24-15-14(19)17(28)27(13-7-6-12(8-23)25-9-13)16(26-15)10-2-4-11(5-3-10)18(20,21)22/h6-7,9-11,24H,2-5H2,1H3/t10-,11+. The van der Waals surface area contributed by atoms with Crippen LogP contribution < -0.4 is 10.9 Å². The summed E-state index contributed by atoms with van der Waals surface area (Å²) >= 11 is 6.12. The third-order valence-electron chi connectivity index (χ3n) is 4.97. The summed E-state index contributed by atoms with van der Waals surface area (Å²) in [6.45, 7) is 0. The van der Waals surface area contributed by atoms with Crippen LogP contribution in [0.25, 0.3) is 5.69 Å². The monoisotopic (exact) mass is 411 g/mol. The molecule has 1 N–H and O–H groups in total. The van der Waals surface area contributed by atoms with Crippen molar-refractivity contribution >= 4 is 17.4 Å². The molecule has 1 aliphatic carbocycles. The predicted molar refractivity (Wildman–Crippen MR) is 97.7 cm³/mol. The molecule has 6 nitrogen and oxygen atoms in total. The Hall–Kier alpha value is -2.60. The Kier molecular flexibility index (Phi) is 5.61. The van der Waals surface area contributed by atoms with Crippen molar-refractivity contribution in [2.24, 2.45) is 5.92 Å². The maximum atomic E-state index is 13.0. The number of hydrogen-bond donors (Lipinski definition) is 1. The lowest BCUT2D eigenvalue weighted by Gasteiger charge is -2.30. The molecule has 0 unspecified atom stereocenters. The molecule has 0 atom stereocenters. The van der Waals surface area contributed by atoms with E-state index < -0.39 is 17.7 Å². The average molecular weight is 412 g/mol. The van der Waals surface area contributed by atoms with Gasteiger partial charge in [-0.15, -0.1) is 0 Å². The van der Waals surface area contributed by atoms with Gasteiger partial charge in [0.1, 0.15) is 22.6 Å². The molecule has 0 aliphatic heterocycles. The van der Waals surface area contributed by atoms with E-state index in [-0.39, 0.29) is 48.1 Å². The second kappa shape index (κ2) is 7.80. The number of halogens is 4. The van der Waals surface area contributed by atoms with Crippen molar-refractivity contribution in [1.82, 2.24) is 14.5 Å². The predicted octanol–water partition coefficient (Wildman–Crippen LogP) is 4.03. The minimum atomic E-state index is -4.22. The van der Waals surface area contributed by atoms with Crippen LogP contribution in [0, 0.1) is 17.2 Å². The molecule has 0 spiro atoms. The molecular weight excluding hydrogens is 395 g/mol. The third kappa shape index (κ3) is 3.83. The van der Waals surface area contributed by atoms with Gasteiger partial charge in [-0.25, -0.2) is 9.97 Å². The van der Waals surface area contributed by atoms with Gasteiger partial charge < -0.3 is 5.32 Å². The zero-order valence-electron chi connectivity index (χ0n) is 14.9. The Labute approximate surface area is 164 Å². The number of nitriles is 1. The van der Waals surface area contributed by atoms with E-state index in [9.17, 15) is 18.0 Å². The number of anilines is 1. The van der Waals surface area contributed by atoms with Crippen LogP contribution in [0.1, 0.15) is 43.1 Å². The van der Waals surface area contributed by atoms with Crippen molar-refractivity contribution in [1.29, 1.82) is 5.26 Å². The Morgan fingerprint density at radius 1 is 1.29 bits per heavy atom. The van der Waals surface area contributed by atoms with Gasteiger partial charge in [0.2, 0.25) is 0 Å². The van der Waals surface area contributed by atoms with Crippen LogP contribution in [0.15, 0.2) is 23.1 Å². The maximum absolute atomic E-state index is 13.0. The molecular formula is C18H17ClF3N5O. The second-order valence-electron chi connectivity index (χ2n) is 6.63. The first kappa shape index (κ1) is 20.1. The SMILES string of the molecule is CNc1nc([C@H]2CC[C@@H](C(F)(F)F)CC2)n(-c2ccc(C#N)nc2)c(=O)c1Cl. The highest BCUT2D eigenvalue weighted by atomic mass is 35.5. The van der Waals surface area contributed by atoms with E-state index in [1.54, 1.807) is 7.05 Å². The molecule has 1 saturated carbocycles. The number of alkyl halides is 3. The lowest BCUT2D eigenvalue weighted by atomic mass is 9.81. The molecule has 2 aromatic rings. The van der Waals surface area contributed by atoms with Crippen LogP contribution in [0.3, 0.4) is 0 Å². The molecule has 3 rings (SSSR count). The van der Waals surface area contributed by atoms with Crippen LogP contribution in [0.2, 0.25) is 5.02 Å². The number of nitrogens with one attached hydrogen (secondary N) is 1. The van der Waals surface area contributed by atoms with Crippen LogP contribution >= 0.6 is 11.6 Å². The van der Waals surface area contributed by atoms with E-state index in [2.05, 4.69) is 15.3 Å².